The summed E-state index contributed by atoms with van der Waals surface area (Å²) in [6.45, 7) is 7.40. The van der Waals surface area contributed by atoms with E-state index >= 15 is 0 Å². The summed E-state index contributed by atoms with van der Waals surface area (Å²) < 4.78 is 0. The predicted octanol–water partition coefficient (Wildman–Crippen LogP) is 0.407. The third kappa shape index (κ3) is 7.28. The number of hydrogen-bond acceptors (Lipinski definition) is 3. The van der Waals surface area contributed by atoms with Gasteiger partial charge in [-0.15, -0.1) is 0 Å². The van der Waals surface area contributed by atoms with Crippen LogP contribution < -0.4 is 10.6 Å². The number of amides is 3. The fourth-order valence-electron chi connectivity index (χ4n) is 1.41. The molecule has 0 spiro atoms. The number of carbonyl (C=O) groups is 3. The number of carboxylic acids is 1. The Morgan fingerprint density at radius 1 is 1.16 bits per heavy atom. The average Bonchev–Trinajstić information content (AvgIpc) is 2.24. The van der Waals surface area contributed by atoms with E-state index in [1.54, 1.807) is 20.8 Å². The molecule has 0 aliphatic heterocycles. The molecule has 0 unspecified atom stereocenters. The Bertz CT molecular complexity index is 336. The number of urea groups is 1. The molecule has 0 aromatic carbocycles. The lowest BCUT2D eigenvalue weighted by molar-refractivity contribution is -0.138. The first-order valence-corrected chi connectivity index (χ1v) is 6.22. The van der Waals surface area contributed by atoms with Crippen molar-refractivity contribution in [3.8, 4) is 0 Å². The SMILES string of the molecule is CCNC(=O)CCNC(=O)N(CC(=O)O)C(C)(C)C. The lowest BCUT2D eigenvalue weighted by Gasteiger charge is -2.34. The molecule has 0 saturated heterocycles. The van der Waals surface area contributed by atoms with Crippen molar-refractivity contribution >= 4 is 17.9 Å². The highest BCUT2D eigenvalue weighted by atomic mass is 16.4. The van der Waals surface area contributed by atoms with E-state index in [9.17, 15) is 14.4 Å². The third-order valence-electron chi connectivity index (χ3n) is 2.35. The summed E-state index contributed by atoms with van der Waals surface area (Å²) >= 11 is 0. The molecule has 3 amide bonds. The van der Waals surface area contributed by atoms with Crippen LogP contribution in [0.2, 0.25) is 0 Å². The van der Waals surface area contributed by atoms with Gasteiger partial charge in [0.1, 0.15) is 6.54 Å². The van der Waals surface area contributed by atoms with Crippen molar-refractivity contribution in [3.63, 3.8) is 0 Å². The zero-order valence-corrected chi connectivity index (χ0v) is 11.9. The van der Waals surface area contributed by atoms with Gasteiger partial charge in [0.25, 0.3) is 0 Å². The Morgan fingerprint density at radius 2 is 1.74 bits per heavy atom. The van der Waals surface area contributed by atoms with Crippen LogP contribution in [-0.2, 0) is 9.59 Å². The van der Waals surface area contributed by atoms with Crippen molar-refractivity contribution in [1.82, 2.24) is 15.5 Å². The minimum Gasteiger partial charge on any atom is -0.480 e. The van der Waals surface area contributed by atoms with Gasteiger partial charge in [0, 0.05) is 25.0 Å². The molecule has 0 aromatic rings. The minimum atomic E-state index is -1.08. The first kappa shape index (κ1) is 17.2. The fourth-order valence-corrected chi connectivity index (χ4v) is 1.41. The lowest BCUT2D eigenvalue weighted by atomic mass is 10.1. The summed E-state index contributed by atoms with van der Waals surface area (Å²) in [7, 11) is 0. The number of carboxylic acid groups (broad SMARTS) is 1. The predicted molar refractivity (Wildman–Crippen MR) is 70.8 cm³/mol. The number of nitrogens with zero attached hydrogens (tertiary/aromatic N) is 1. The molecule has 0 aliphatic rings. The van der Waals surface area contributed by atoms with Crippen LogP contribution in [0.3, 0.4) is 0 Å². The van der Waals surface area contributed by atoms with Gasteiger partial charge in [-0.1, -0.05) is 0 Å². The maximum atomic E-state index is 11.9. The Morgan fingerprint density at radius 3 is 2.16 bits per heavy atom. The molecule has 0 aromatic heterocycles. The van der Waals surface area contributed by atoms with E-state index in [0.29, 0.717) is 6.54 Å². The molecule has 0 heterocycles. The Labute approximate surface area is 113 Å². The summed E-state index contributed by atoms with van der Waals surface area (Å²) in [5, 5.41) is 14.0. The quantitative estimate of drug-likeness (QED) is 0.652. The molecule has 0 radical (unpaired) electrons. The zero-order chi connectivity index (χ0) is 15.1. The number of aliphatic carboxylic acids is 1. The van der Waals surface area contributed by atoms with E-state index in [2.05, 4.69) is 10.6 Å². The second-order valence-corrected chi connectivity index (χ2v) is 5.09. The number of rotatable bonds is 6. The van der Waals surface area contributed by atoms with Gasteiger partial charge in [-0.05, 0) is 27.7 Å². The van der Waals surface area contributed by atoms with Gasteiger partial charge in [-0.25, -0.2) is 4.79 Å². The van der Waals surface area contributed by atoms with Gasteiger partial charge in [-0.3, -0.25) is 9.59 Å². The van der Waals surface area contributed by atoms with Crippen molar-refractivity contribution in [2.24, 2.45) is 0 Å². The number of nitrogens with one attached hydrogen (secondary N) is 2. The maximum absolute atomic E-state index is 11.9. The van der Waals surface area contributed by atoms with Crippen molar-refractivity contribution in [3.05, 3.63) is 0 Å². The van der Waals surface area contributed by atoms with E-state index in [0.717, 1.165) is 0 Å². The van der Waals surface area contributed by atoms with Gasteiger partial charge in [0.2, 0.25) is 5.91 Å². The largest absolute Gasteiger partial charge is 0.480 e. The summed E-state index contributed by atoms with van der Waals surface area (Å²) in [4.78, 5) is 35.0. The van der Waals surface area contributed by atoms with Crippen LogP contribution in [0, 0.1) is 0 Å². The molecule has 3 N–H and O–H groups in total. The molecule has 0 aliphatic carbocycles. The van der Waals surface area contributed by atoms with Crippen molar-refractivity contribution < 1.29 is 19.5 Å². The fraction of sp³-hybridized carbons (Fsp3) is 0.750. The molecule has 110 valence electrons. The Balaban J connectivity index is 4.34. The molecule has 7 nitrogen and oxygen atoms in total. The molecule has 0 saturated carbocycles. The van der Waals surface area contributed by atoms with Crippen LogP contribution >= 0.6 is 0 Å². The van der Waals surface area contributed by atoms with Crippen LogP contribution in [0.4, 0.5) is 4.79 Å². The normalized spacial score (nSPS) is 10.7. The topological polar surface area (TPSA) is 98.7 Å². The highest BCUT2D eigenvalue weighted by molar-refractivity contribution is 5.81. The molecule has 0 rings (SSSR count). The van der Waals surface area contributed by atoms with Gasteiger partial charge in [0.05, 0.1) is 0 Å². The summed E-state index contributed by atoms with van der Waals surface area (Å²) in [6.07, 6.45) is 0.171. The van der Waals surface area contributed by atoms with Gasteiger partial charge in [-0.2, -0.15) is 0 Å². The van der Waals surface area contributed by atoms with Crippen LogP contribution in [0.5, 0.6) is 0 Å². The molecule has 0 atom stereocenters. The summed E-state index contributed by atoms with van der Waals surface area (Å²) in [5.41, 5.74) is -0.603. The van der Waals surface area contributed by atoms with Gasteiger partial charge < -0.3 is 20.6 Å². The Kier molecular flexibility index (Phi) is 6.89. The maximum Gasteiger partial charge on any atom is 0.323 e. The number of carbonyl (C=O) groups excluding carboxylic acids is 2. The first-order valence-electron chi connectivity index (χ1n) is 6.22. The Hall–Kier alpha value is -1.79. The van der Waals surface area contributed by atoms with Crippen LogP contribution in [0.1, 0.15) is 34.1 Å². The van der Waals surface area contributed by atoms with Crippen molar-refractivity contribution in [1.29, 1.82) is 0 Å². The molecule has 0 fully saturated rings. The smallest absolute Gasteiger partial charge is 0.323 e. The molecule has 7 heteroatoms. The lowest BCUT2D eigenvalue weighted by Crippen LogP contribution is -2.52. The molecule has 19 heavy (non-hydrogen) atoms. The summed E-state index contributed by atoms with van der Waals surface area (Å²) in [5.74, 6) is -1.22. The van der Waals surface area contributed by atoms with Gasteiger partial charge in [0.15, 0.2) is 0 Å². The van der Waals surface area contributed by atoms with Crippen LogP contribution in [0.25, 0.3) is 0 Å². The highest BCUT2D eigenvalue weighted by Crippen LogP contribution is 2.12. The minimum absolute atomic E-state index is 0.150. The second-order valence-electron chi connectivity index (χ2n) is 5.09. The van der Waals surface area contributed by atoms with E-state index in [1.165, 1.54) is 4.90 Å². The van der Waals surface area contributed by atoms with Gasteiger partial charge >= 0.3 is 12.0 Å². The highest BCUT2D eigenvalue weighted by Gasteiger charge is 2.28. The first-order chi connectivity index (χ1) is 8.68. The second kappa shape index (κ2) is 7.60. The average molecular weight is 273 g/mol. The van der Waals surface area contributed by atoms with Crippen LogP contribution in [0.15, 0.2) is 0 Å². The van der Waals surface area contributed by atoms with E-state index in [4.69, 9.17) is 5.11 Å². The van der Waals surface area contributed by atoms with Crippen molar-refractivity contribution in [2.45, 2.75) is 39.7 Å². The van der Waals surface area contributed by atoms with E-state index in [-0.39, 0.29) is 25.4 Å². The monoisotopic (exact) mass is 273 g/mol. The zero-order valence-electron chi connectivity index (χ0n) is 11.9. The molecule has 0 bridgehead atoms. The van der Waals surface area contributed by atoms with E-state index in [1.807, 2.05) is 6.92 Å². The third-order valence-corrected chi connectivity index (χ3v) is 2.35. The molecular formula is C12H23N3O4. The number of hydrogen-bond donors (Lipinski definition) is 3. The van der Waals surface area contributed by atoms with Crippen molar-refractivity contribution in [2.75, 3.05) is 19.6 Å². The van der Waals surface area contributed by atoms with E-state index < -0.39 is 17.5 Å². The molecular weight excluding hydrogens is 250 g/mol. The standard InChI is InChI=1S/C12H23N3O4/c1-5-13-9(16)6-7-14-11(19)15(8-10(17)18)12(2,3)4/h5-8H2,1-4H3,(H,13,16)(H,14,19)(H,17,18). The summed E-state index contributed by atoms with van der Waals surface area (Å²) in [6, 6.07) is -0.487. The van der Waals surface area contributed by atoms with Crippen LogP contribution in [-0.4, -0.2) is 53.1 Å².